The van der Waals surface area contributed by atoms with E-state index in [9.17, 15) is 9.59 Å². The molecule has 0 radical (unpaired) electrons. The molecular formula is C17H18N2O2S. The molecule has 0 aliphatic carbocycles. The third-order valence-electron chi connectivity index (χ3n) is 3.05. The maximum absolute atomic E-state index is 11.8. The van der Waals surface area contributed by atoms with E-state index in [1.54, 1.807) is 29.5 Å². The van der Waals surface area contributed by atoms with Crippen molar-refractivity contribution in [1.29, 1.82) is 0 Å². The number of hydrogen-bond donors (Lipinski definition) is 2. The molecule has 0 unspecified atom stereocenters. The van der Waals surface area contributed by atoms with Crippen LogP contribution in [-0.2, 0) is 16.1 Å². The highest BCUT2D eigenvalue weighted by Crippen LogP contribution is 2.15. The van der Waals surface area contributed by atoms with Gasteiger partial charge in [0.05, 0.1) is 6.54 Å². The number of hydrogen-bond acceptors (Lipinski definition) is 3. The van der Waals surface area contributed by atoms with Crippen LogP contribution < -0.4 is 10.6 Å². The van der Waals surface area contributed by atoms with Crippen molar-refractivity contribution in [2.45, 2.75) is 20.4 Å². The molecule has 0 atom stereocenters. The van der Waals surface area contributed by atoms with Gasteiger partial charge in [-0.1, -0.05) is 12.1 Å². The molecule has 0 saturated heterocycles. The monoisotopic (exact) mass is 314 g/mol. The Morgan fingerprint density at radius 2 is 1.91 bits per heavy atom. The molecule has 0 aliphatic rings. The summed E-state index contributed by atoms with van der Waals surface area (Å²) in [4.78, 5) is 23.9. The van der Waals surface area contributed by atoms with Gasteiger partial charge in [0.25, 0.3) is 0 Å². The molecule has 0 aliphatic heterocycles. The number of anilines is 1. The molecule has 1 heterocycles. The minimum Gasteiger partial charge on any atom is -0.348 e. The van der Waals surface area contributed by atoms with Gasteiger partial charge in [0.1, 0.15) is 0 Å². The van der Waals surface area contributed by atoms with E-state index in [0.717, 1.165) is 11.3 Å². The molecule has 5 heteroatoms. The van der Waals surface area contributed by atoms with Crippen molar-refractivity contribution in [2.24, 2.45) is 0 Å². The molecule has 0 saturated carbocycles. The molecule has 2 rings (SSSR count). The predicted molar refractivity (Wildman–Crippen MR) is 90.7 cm³/mol. The lowest BCUT2D eigenvalue weighted by molar-refractivity contribution is -0.116. The average molecular weight is 314 g/mol. The van der Waals surface area contributed by atoms with Gasteiger partial charge in [-0.25, -0.2) is 0 Å². The van der Waals surface area contributed by atoms with Crippen LogP contribution in [0.2, 0.25) is 0 Å². The highest BCUT2D eigenvalue weighted by molar-refractivity contribution is 7.10. The standard InChI is InChI=1S/C17H18N2O2S/c1-12-9-10-22-16(12)11-18-17(21)8-5-14-3-6-15(7-4-14)19-13(2)20/h3-10H,11H2,1-2H3,(H,18,21)(H,19,20)/b8-5+. The van der Waals surface area contributed by atoms with E-state index < -0.39 is 0 Å². The van der Waals surface area contributed by atoms with Crippen molar-refractivity contribution < 1.29 is 9.59 Å². The molecule has 0 spiro atoms. The summed E-state index contributed by atoms with van der Waals surface area (Å²) in [6.45, 7) is 4.05. The Hall–Kier alpha value is -2.40. The van der Waals surface area contributed by atoms with Crippen LogP contribution >= 0.6 is 11.3 Å². The second-order valence-electron chi connectivity index (χ2n) is 4.88. The normalized spacial score (nSPS) is 10.6. The Bertz CT molecular complexity index is 687. The van der Waals surface area contributed by atoms with Crippen molar-refractivity contribution in [3.05, 3.63) is 57.8 Å². The van der Waals surface area contributed by atoms with E-state index in [0.29, 0.717) is 6.54 Å². The van der Waals surface area contributed by atoms with E-state index in [1.165, 1.54) is 23.4 Å². The summed E-state index contributed by atoms with van der Waals surface area (Å²) in [7, 11) is 0. The fourth-order valence-electron chi connectivity index (χ4n) is 1.86. The van der Waals surface area contributed by atoms with Gasteiger partial charge >= 0.3 is 0 Å². The second-order valence-corrected chi connectivity index (χ2v) is 5.88. The van der Waals surface area contributed by atoms with Crippen molar-refractivity contribution in [3.8, 4) is 0 Å². The zero-order valence-electron chi connectivity index (χ0n) is 12.6. The molecule has 4 nitrogen and oxygen atoms in total. The lowest BCUT2D eigenvalue weighted by Crippen LogP contribution is -2.19. The number of carbonyl (C=O) groups is 2. The molecule has 22 heavy (non-hydrogen) atoms. The van der Waals surface area contributed by atoms with Gasteiger partial charge in [-0.15, -0.1) is 11.3 Å². The van der Waals surface area contributed by atoms with Crippen LogP contribution in [0.1, 0.15) is 22.9 Å². The molecule has 1 aromatic carbocycles. The Balaban J connectivity index is 1.86. The van der Waals surface area contributed by atoms with Gasteiger partial charge in [0.15, 0.2) is 0 Å². The summed E-state index contributed by atoms with van der Waals surface area (Å²) in [5, 5.41) is 7.58. The largest absolute Gasteiger partial charge is 0.348 e. The van der Waals surface area contributed by atoms with Crippen LogP contribution in [0.15, 0.2) is 41.8 Å². The van der Waals surface area contributed by atoms with Crippen molar-refractivity contribution in [3.63, 3.8) is 0 Å². The first-order valence-corrected chi connectivity index (χ1v) is 7.79. The first-order valence-electron chi connectivity index (χ1n) is 6.91. The minimum absolute atomic E-state index is 0.105. The quantitative estimate of drug-likeness (QED) is 0.832. The number of thiophene rings is 1. The molecule has 0 bridgehead atoms. The zero-order valence-corrected chi connectivity index (χ0v) is 13.4. The van der Waals surface area contributed by atoms with Crippen LogP contribution in [0.25, 0.3) is 6.08 Å². The van der Waals surface area contributed by atoms with Gasteiger partial charge in [0.2, 0.25) is 11.8 Å². The van der Waals surface area contributed by atoms with Gasteiger partial charge in [-0.3, -0.25) is 9.59 Å². The number of carbonyl (C=O) groups excluding carboxylic acids is 2. The molecule has 0 fully saturated rings. The summed E-state index contributed by atoms with van der Waals surface area (Å²) < 4.78 is 0. The minimum atomic E-state index is -0.126. The lowest BCUT2D eigenvalue weighted by Gasteiger charge is -2.02. The Morgan fingerprint density at radius 1 is 1.18 bits per heavy atom. The van der Waals surface area contributed by atoms with Gasteiger partial charge in [0, 0.05) is 23.6 Å². The second kappa shape index (κ2) is 7.56. The lowest BCUT2D eigenvalue weighted by atomic mass is 10.2. The first-order chi connectivity index (χ1) is 10.5. The molecular weight excluding hydrogens is 296 g/mol. The molecule has 114 valence electrons. The Morgan fingerprint density at radius 3 is 2.50 bits per heavy atom. The maximum Gasteiger partial charge on any atom is 0.244 e. The van der Waals surface area contributed by atoms with E-state index in [1.807, 2.05) is 30.5 Å². The topological polar surface area (TPSA) is 58.2 Å². The summed E-state index contributed by atoms with van der Waals surface area (Å²) in [5.74, 6) is -0.231. The third kappa shape index (κ3) is 4.86. The van der Waals surface area contributed by atoms with E-state index in [-0.39, 0.29) is 11.8 Å². The Kier molecular flexibility index (Phi) is 5.49. The third-order valence-corrected chi connectivity index (χ3v) is 4.07. The molecule has 2 aromatic rings. The van der Waals surface area contributed by atoms with E-state index in [2.05, 4.69) is 10.6 Å². The predicted octanol–water partition coefficient (Wildman–Crippen LogP) is 3.34. The van der Waals surface area contributed by atoms with Gasteiger partial charge in [-0.05, 0) is 47.7 Å². The average Bonchev–Trinajstić information content (AvgIpc) is 2.89. The van der Waals surface area contributed by atoms with Crippen molar-refractivity contribution >= 4 is 34.9 Å². The highest BCUT2D eigenvalue weighted by Gasteiger charge is 2.01. The van der Waals surface area contributed by atoms with E-state index >= 15 is 0 Å². The fraction of sp³-hybridized carbons (Fsp3) is 0.176. The van der Waals surface area contributed by atoms with Crippen LogP contribution in [0.3, 0.4) is 0 Å². The van der Waals surface area contributed by atoms with Crippen LogP contribution in [-0.4, -0.2) is 11.8 Å². The zero-order chi connectivity index (χ0) is 15.9. The molecule has 2 N–H and O–H groups in total. The number of aryl methyl sites for hydroxylation is 1. The van der Waals surface area contributed by atoms with Crippen LogP contribution in [0, 0.1) is 6.92 Å². The smallest absolute Gasteiger partial charge is 0.244 e. The number of rotatable bonds is 5. The Labute approximate surface area is 133 Å². The van der Waals surface area contributed by atoms with Crippen molar-refractivity contribution in [1.82, 2.24) is 5.32 Å². The SMILES string of the molecule is CC(=O)Nc1ccc(/C=C/C(=O)NCc2sccc2C)cc1. The molecule has 2 amide bonds. The van der Waals surface area contributed by atoms with Crippen LogP contribution in [0.4, 0.5) is 5.69 Å². The van der Waals surface area contributed by atoms with Gasteiger partial charge < -0.3 is 10.6 Å². The van der Waals surface area contributed by atoms with Crippen LogP contribution in [0.5, 0.6) is 0 Å². The summed E-state index contributed by atoms with van der Waals surface area (Å²) in [6, 6.07) is 9.33. The number of amides is 2. The van der Waals surface area contributed by atoms with Crippen molar-refractivity contribution in [2.75, 3.05) is 5.32 Å². The first kappa shape index (κ1) is 16.0. The molecule has 1 aromatic heterocycles. The highest BCUT2D eigenvalue weighted by atomic mass is 32.1. The number of benzene rings is 1. The fourth-order valence-corrected chi connectivity index (χ4v) is 2.71. The van der Waals surface area contributed by atoms with E-state index in [4.69, 9.17) is 0 Å². The maximum atomic E-state index is 11.8. The van der Waals surface area contributed by atoms with Gasteiger partial charge in [-0.2, -0.15) is 0 Å². The number of nitrogens with one attached hydrogen (secondary N) is 2. The summed E-state index contributed by atoms with van der Waals surface area (Å²) in [5.41, 5.74) is 2.83. The summed E-state index contributed by atoms with van der Waals surface area (Å²) in [6.07, 6.45) is 3.25. The summed E-state index contributed by atoms with van der Waals surface area (Å²) >= 11 is 1.64.